The van der Waals surface area contributed by atoms with Crippen LogP contribution in [-0.4, -0.2) is 33.5 Å². The number of ether oxygens (including phenoxy) is 1. The molecule has 0 aliphatic heterocycles. The Morgan fingerprint density at radius 3 is 2.80 bits per heavy atom. The first-order chi connectivity index (χ1) is 9.83. The van der Waals surface area contributed by atoms with E-state index in [1.165, 1.54) is 11.3 Å². The molecule has 0 saturated carbocycles. The average Bonchev–Trinajstić information content (AvgIpc) is 3.04. The number of hydrogen-bond donors (Lipinski definition) is 1. The zero-order chi connectivity index (χ0) is 13.9. The number of nitrogens with zero attached hydrogens (tertiary/aromatic N) is 4. The molecule has 3 aromatic rings. The van der Waals surface area contributed by atoms with Crippen molar-refractivity contribution in [2.24, 2.45) is 5.73 Å². The van der Waals surface area contributed by atoms with Gasteiger partial charge in [0, 0.05) is 13.7 Å². The van der Waals surface area contributed by atoms with E-state index in [2.05, 4.69) is 27.4 Å². The van der Waals surface area contributed by atoms with E-state index >= 15 is 0 Å². The fraction of sp³-hybridized carbons (Fsp3) is 0.308. The second kappa shape index (κ2) is 5.66. The second-order valence-corrected chi connectivity index (χ2v) is 5.37. The van der Waals surface area contributed by atoms with Crippen molar-refractivity contribution in [2.45, 2.75) is 12.5 Å². The van der Waals surface area contributed by atoms with E-state index in [0.29, 0.717) is 19.0 Å². The number of hydrogen-bond acceptors (Lipinski definition) is 6. The number of nitrogens with two attached hydrogens (primary N) is 1. The van der Waals surface area contributed by atoms with Crippen LogP contribution in [0.25, 0.3) is 4.96 Å². The first kappa shape index (κ1) is 13.2. The summed E-state index contributed by atoms with van der Waals surface area (Å²) in [6, 6.07) is 10.1. The topological polar surface area (TPSA) is 78.3 Å². The van der Waals surface area contributed by atoms with Crippen LogP contribution in [0.15, 0.2) is 30.3 Å². The van der Waals surface area contributed by atoms with E-state index in [0.717, 1.165) is 15.5 Å². The van der Waals surface area contributed by atoms with Gasteiger partial charge in [-0.15, -0.1) is 10.2 Å². The van der Waals surface area contributed by atoms with E-state index in [1.807, 2.05) is 18.2 Å². The summed E-state index contributed by atoms with van der Waals surface area (Å²) < 4.78 is 6.82. The van der Waals surface area contributed by atoms with Crippen molar-refractivity contribution >= 4 is 16.3 Å². The van der Waals surface area contributed by atoms with Crippen LogP contribution < -0.4 is 5.73 Å². The van der Waals surface area contributed by atoms with Gasteiger partial charge in [0.15, 0.2) is 5.82 Å². The standard InChI is InChI=1S/C13H15N5OS/c1-19-8-11-15-16-13-18(11)17-12(20-13)10(7-14)9-5-3-2-4-6-9/h2-6,10H,7-8,14H2,1H3. The molecule has 0 aliphatic carbocycles. The maximum atomic E-state index is 5.92. The summed E-state index contributed by atoms with van der Waals surface area (Å²) in [5.41, 5.74) is 7.08. The summed E-state index contributed by atoms with van der Waals surface area (Å²) in [6.07, 6.45) is 0. The molecule has 104 valence electrons. The van der Waals surface area contributed by atoms with E-state index in [-0.39, 0.29) is 5.92 Å². The molecule has 0 bridgehead atoms. The van der Waals surface area contributed by atoms with Gasteiger partial charge in [0.2, 0.25) is 4.96 Å². The Balaban J connectivity index is 2.00. The molecule has 6 nitrogen and oxygen atoms in total. The highest BCUT2D eigenvalue weighted by molar-refractivity contribution is 7.16. The summed E-state index contributed by atoms with van der Waals surface area (Å²) in [7, 11) is 1.63. The van der Waals surface area contributed by atoms with Crippen LogP contribution in [0.2, 0.25) is 0 Å². The molecular weight excluding hydrogens is 274 g/mol. The highest BCUT2D eigenvalue weighted by atomic mass is 32.1. The minimum atomic E-state index is 0.0818. The van der Waals surface area contributed by atoms with Crippen molar-refractivity contribution in [3.05, 3.63) is 46.7 Å². The van der Waals surface area contributed by atoms with Crippen LogP contribution in [0, 0.1) is 0 Å². The predicted octanol–water partition coefficient (Wildman–Crippen LogP) is 1.42. The smallest absolute Gasteiger partial charge is 0.234 e. The molecule has 0 amide bonds. The van der Waals surface area contributed by atoms with Crippen molar-refractivity contribution in [3.8, 4) is 0 Å². The van der Waals surface area contributed by atoms with Gasteiger partial charge >= 0.3 is 0 Å². The molecule has 1 unspecified atom stereocenters. The quantitative estimate of drug-likeness (QED) is 0.768. The molecule has 2 heterocycles. The molecule has 0 aliphatic rings. The zero-order valence-corrected chi connectivity index (χ0v) is 11.9. The second-order valence-electron chi connectivity index (χ2n) is 4.38. The van der Waals surface area contributed by atoms with Crippen molar-refractivity contribution < 1.29 is 4.74 Å². The van der Waals surface area contributed by atoms with Crippen LogP contribution in [0.5, 0.6) is 0 Å². The van der Waals surface area contributed by atoms with E-state index in [1.54, 1.807) is 11.6 Å². The molecule has 1 aromatic carbocycles. The fourth-order valence-corrected chi connectivity index (χ4v) is 3.10. The molecule has 0 saturated heterocycles. The van der Waals surface area contributed by atoms with Crippen LogP contribution in [0.1, 0.15) is 22.3 Å². The molecule has 0 fully saturated rings. The van der Waals surface area contributed by atoms with E-state index < -0.39 is 0 Å². The minimum Gasteiger partial charge on any atom is -0.377 e. The number of fused-ring (bicyclic) bond motifs is 1. The lowest BCUT2D eigenvalue weighted by atomic mass is 10.0. The van der Waals surface area contributed by atoms with Gasteiger partial charge in [-0.25, -0.2) is 0 Å². The Morgan fingerprint density at radius 1 is 1.30 bits per heavy atom. The molecular formula is C13H15N5OS. The minimum absolute atomic E-state index is 0.0818. The third-order valence-electron chi connectivity index (χ3n) is 3.08. The first-order valence-electron chi connectivity index (χ1n) is 6.28. The zero-order valence-electron chi connectivity index (χ0n) is 11.1. The molecule has 2 N–H and O–H groups in total. The lowest BCUT2D eigenvalue weighted by molar-refractivity contribution is 0.176. The van der Waals surface area contributed by atoms with Gasteiger partial charge in [-0.1, -0.05) is 41.7 Å². The monoisotopic (exact) mass is 289 g/mol. The normalized spacial score (nSPS) is 12.9. The number of aromatic nitrogens is 4. The molecule has 7 heteroatoms. The predicted molar refractivity (Wildman–Crippen MR) is 76.7 cm³/mol. The highest BCUT2D eigenvalue weighted by Crippen LogP contribution is 2.27. The van der Waals surface area contributed by atoms with Gasteiger partial charge in [-0.2, -0.15) is 9.61 Å². The Morgan fingerprint density at radius 2 is 2.10 bits per heavy atom. The Hall–Kier alpha value is -1.83. The van der Waals surface area contributed by atoms with Crippen molar-refractivity contribution in [2.75, 3.05) is 13.7 Å². The highest BCUT2D eigenvalue weighted by Gasteiger charge is 2.19. The maximum Gasteiger partial charge on any atom is 0.234 e. The van der Waals surface area contributed by atoms with Crippen LogP contribution in [0.3, 0.4) is 0 Å². The third-order valence-corrected chi connectivity index (χ3v) is 4.09. The van der Waals surface area contributed by atoms with Gasteiger partial charge in [0.05, 0.1) is 5.92 Å². The number of rotatable bonds is 5. The SMILES string of the molecule is COCc1nnc2sc(C(CN)c3ccccc3)nn12. The van der Waals surface area contributed by atoms with E-state index in [9.17, 15) is 0 Å². The molecule has 3 rings (SSSR count). The lowest BCUT2D eigenvalue weighted by Gasteiger charge is -2.11. The van der Waals surface area contributed by atoms with Gasteiger partial charge in [-0.05, 0) is 5.56 Å². The maximum absolute atomic E-state index is 5.92. The summed E-state index contributed by atoms with van der Waals surface area (Å²) in [5.74, 6) is 0.784. The Bertz CT molecular complexity index is 693. The summed E-state index contributed by atoms with van der Waals surface area (Å²) in [5, 5.41) is 13.7. The first-order valence-corrected chi connectivity index (χ1v) is 7.10. The number of methoxy groups -OCH3 is 1. The summed E-state index contributed by atoms with van der Waals surface area (Å²) in [6.45, 7) is 0.899. The summed E-state index contributed by atoms with van der Waals surface area (Å²) in [4.78, 5) is 0.765. The van der Waals surface area contributed by atoms with Gasteiger partial charge < -0.3 is 10.5 Å². The molecule has 1 atom stereocenters. The Labute approximate surface area is 120 Å². The van der Waals surface area contributed by atoms with Crippen LogP contribution >= 0.6 is 11.3 Å². The third kappa shape index (κ3) is 2.31. The Kier molecular flexibility index (Phi) is 3.72. The lowest BCUT2D eigenvalue weighted by Crippen LogP contribution is -2.14. The molecule has 0 radical (unpaired) electrons. The van der Waals surface area contributed by atoms with Gasteiger partial charge in [0.1, 0.15) is 11.6 Å². The van der Waals surface area contributed by atoms with Crippen molar-refractivity contribution in [3.63, 3.8) is 0 Å². The van der Waals surface area contributed by atoms with Gasteiger partial charge in [0.25, 0.3) is 0 Å². The molecule has 0 spiro atoms. The van der Waals surface area contributed by atoms with Crippen molar-refractivity contribution in [1.82, 2.24) is 19.8 Å². The summed E-state index contributed by atoms with van der Waals surface area (Å²) >= 11 is 1.51. The van der Waals surface area contributed by atoms with Crippen LogP contribution in [-0.2, 0) is 11.3 Å². The number of benzene rings is 1. The van der Waals surface area contributed by atoms with E-state index in [4.69, 9.17) is 10.5 Å². The van der Waals surface area contributed by atoms with Crippen molar-refractivity contribution in [1.29, 1.82) is 0 Å². The molecule has 2 aromatic heterocycles. The molecule has 20 heavy (non-hydrogen) atoms. The van der Waals surface area contributed by atoms with Gasteiger partial charge in [-0.3, -0.25) is 0 Å². The largest absolute Gasteiger partial charge is 0.377 e. The van der Waals surface area contributed by atoms with Crippen LogP contribution in [0.4, 0.5) is 0 Å². The average molecular weight is 289 g/mol. The fourth-order valence-electron chi connectivity index (χ4n) is 2.10.